The smallest absolute Gasteiger partial charge is 0.328 e. The predicted molar refractivity (Wildman–Crippen MR) is 78.6 cm³/mol. The fourth-order valence-corrected chi connectivity index (χ4v) is 1.96. The Hall–Kier alpha value is -1.45. The number of carboxylic acids is 1. The summed E-state index contributed by atoms with van der Waals surface area (Å²) in [6.07, 6.45) is 12.1. The summed E-state index contributed by atoms with van der Waals surface area (Å²) in [6.45, 7) is 2.20. The molecule has 0 saturated carbocycles. The predicted octanol–water partition coefficient (Wildman–Crippen LogP) is 3.69. The van der Waals surface area contributed by atoms with Crippen LogP contribution in [0, 0.1) is 0 Å². The molecule has 0 rings (SSSR count). The van der Waals surface area contributed by atoms with Crippen molar-refractivity contribution in [3.05, 3.63) is 12.2 Å². The molecule has 0 amide bonds. The van der Waals surface area contributed by atoms with E-state index in [4.69, 9.17) is 5.11 Å². The fraction of sp³-hybridized carbons (Fsp3) is 0.688. The number of unbranched alkanes of at least 4 members (excludes halogenated alkanes) is 8. The highest BCUT2D eigenvalue weighted by Crippen LogP contribution is 2.10. The molecule has 0 aromatic rings. The number of carbonyl (C=O) groups is 3. The van der Waals surface area contributed by atoms with Crippen LogP contribution in [0.4, 0.5) is 0 Å². The van der Waals surface area contributed by atoms with E-state index in [0.29, 0.717) is 12.5 Å². The Bertz CT molecular complexity index is 331. The van der Waals surface area contributed by atoms with Gasteiger partial charge in [0, 0.05) is 12.5 Å². The molecule has 0 aliphatic carbocycles. The molecule has 0 saturated heterocycles. The third-order valence-corrected chi connectivity index (χ3v) is 3.16. The summed E-state index contributed by atoms with van der Waals surface area (Å²) in [5.74, 6) is -2.42. The zero-order valence-electron chi connectivity index (χ0n) is 12.4. The van der Waals surface area contributed by atoms with E-state index in [9.17, 15) is 14.4 Å². The van der Waals surface area contributed by atoms with Crippen molar-refractivity contribution in [1.82, 2.24) is 0 Å². The average molecular weight is 282 g/mol. The summed E-state index contributed by atoms with van der Waals surface area (Å²) in [5, 5.41) is 8.34. The third kappa shape index (κ3) is 11.6. The molecular weight excluding hydrogens is 256 g/mol. The highest BCUT2D eigenvalue weighted by Gasteiger charge is 2.09. The van der Waals surface area contributed by atoms with Gasteiger partial charge in [0.15, 0.2) is 0 Å². The Morgan fingerprint density at radius 2 is 1.30 bits per heavy atom. The van der Waals surface area contributed by atoms with E-state index in [1.54, 1.807) is 0 Å². The highest BCUT2D eigenvalue weighted by atomic mass is 16.4. The molecule has 0 aromatic carbocycles. The molecule has 0 aliphatic heterocycles. The summed E-state index contributed by atoms with van der Waals surface area (Å²) in [6, 6.07) is 0. The number of ketones is 2. The summed E-state index contributed by atoms with van der Waals surface area (Å²) >= 11 is 0. The van der Waals surface area contributed by atoms with Crippen molar-refractivity contribution in [2.45, 2.75) is 71.1 Å². The van der Waals surface area contributed by atoms with E-state index in [1.165, 1.54) is 38.5 Å². The molecule has 0 fully saturated rings. The van der Waals surface area contributed by atoms with E-state index in [-0.39, 0.29) is 6.42 Å². The lowest BCUT2D eigenvalue weighted by molar-refractivity contribution is -0.134. The number of hydrogen-bond donors (Lipinski definition) is 1. The SMILES string of the molecule is CCCCCCCCCCCC(=O)C(=O)/C=C/C(=O)O. The third-order valence-electron chi connectivity index (χ3n) is 3.16. The van der Waals surface area contributed by atoms with Crippen molar-refractivity contribution >= 4 is 17.5 Å². The Labute approximate surface area is 121 Å². The Kier molecular flexibility index (Phi) is 11.7. The van der Waals surface area contributed by atoms with E-state index < -0.39 is 17.5 Å². The van der Waals surface area contributed by atoms with Gasteiger partial charge in [-0.25, -0.2) is 4.79 Å². The van der Waals surface area contributed by atoms with Crippen LogP contribution in [-0.4, -0.2) is 22.6 Å². The van der Waals surface area contributed by atoms with Crippen molar-refractivity contribution in [2.75, 3.05) is 0 Å². The zero-order valence-corrected chi connectivity index (χ0v) is 12.4. The largest absolute Gasteiger partial charge is 0.478 e. The summed E-state index contributed by atoms with van der Waals surface area (Å²) in [5.41, 5.74) is 0. The number of Topliss-reactive ketones (excluding diaryl/α,β-unsaturated/α-hetero) is 1. The maximum Gasteiger partial charge on any atom is 0.328 e. The van der Waals surface area contributed by atoms with Crippen LogP contribution in [-0.2, 0) is 14.4 Å². The minimum Gasteiger partial charge on any atom is -0.478 e. The first-order chi connectivity index (χ1) is 9.57. The van der Waals surface area contributed by atoms with Crippen LogP contribution in [0.15, 0.2) is 12.2 Å². The van der Waals surface area contributed by atoms with Gasteiger partial charge < -0.3 is 5.11 Å². The minimum absolute atomic E-state index is 0.221. The number of rotatable bonds is 13. The van der Waals surface area contributed by atoms with Crippen molar-refractivity contribution in [3.63, 3.8) is 0 Å². The lowest BCUT2D eigenvalue weighted by Gasteiger charge is -2.01. The van der Waals surface area contributed by atoms with Crippen LogP contribution in [0.25, 0.3) is 0 Å². The molecule has 0 spiro atoms. The van der Waals surface area contributed by atoms with E-state index >= 15 is 0 Å². The van der Waals surface area contributed by atoms with Gasteiger partial charge in [-0.1, -0.05) is 58.3 Å². The van der Waals surface area contributed by atoms with Crippen LogP contribution in [0.2, 0.25) is 0 Å². The summed E-state index contributed by atoms with van der Waals surface area (Å²) in [7, 11) is 0. The zero-order chi connectivity index (χ0) is 15.2. The first kappa shape index (κ1) is 18.6. The van der Waals surface area contributed by atoms with Crippen LogP contribution in [0.1, 0.15) is 71.1 Å². The maximum absolute atomic E-state index is 11.4. The molecule has 0 atom stereocenters. The van der Waals surface area contributed by atoms with Gasteiger partial charge >= 0.3 is 5.97 Å². The fourth-order valence-electron chi connectivity index (χ4n) is 1.96. The number of carbonyl (C=O) groups excluding carboxylic acids is 2. The van der Waals surface area contributed by atoms with Gasteiger partial charge in [0.2, 0.25) is 11.6 Å². The second kappa shape index (κ2) is 12.6. The van der Waals surface area contributed by atoms with E-state index in [0.717, 1.165) is 18.9 Å². The molecule has 0 radical (unpaired) electrons. The van der Waals surface area contributed by atoms with Crippen LogP contribution in [0.5, 0.6) is 0 Å². The van der Waals surface area contributed by atoms with Crippen LogP contribution >= 0.6 is 0 Å². The molecule has 0 aromatic heterocycles. The van der Waals surface area contributed by atoms with Crippen molar-refractivity contribution in [2.24, 2.45) is 0 Å². The standard InChI is InChI=1S/C16H26O4/c1-2-3-4-5-6-7-8-9-10-11-14(17)15(18)12-13-16(19)20/h12-13H,2-11H2,1H3,(H,19,20)/b13-12+. The lowest BCUT2D eigenvalue weighted by atomic mass is 10.0. The number of allylic oxidation sites excluding steroid dienone is 1. The molecule has 0 aliphatic rings. The van der Waals surface area contributed by atoms with Crippen molar-refractivity contribution in [1.29, 1.82) is 0 Å². The molecule has 20 heavy (non-hydrogen) atoms. The molecule has 0 heterocycles. The molecular formula is C16H26O4. The van der Waals surface area contributed by atoms with Crippen molar-refractivity contribution < 1.29 is 19.5 Å². The summed E-state index contributed by atoms with van der Waals surface area (Å²) < 4.78 is 0. The van der Waals surface area contributed by atoms with E-state index in [2.05, 4.69) is 6.92 Å². The number of aliphatic carboxylic acids is 1. The Morgan fingerprint density at radius 3 is 1.80 bits per heavy atom. The second-order valence-corrected chi connectivity index (χ2v) is 5.04. The van der Waals surface area contributed by atoms with Gasteiger partial charge in [-0.05, 0) is 12.5 Å². The van der Waals surface area contributed by atoms with Gasteiger partial charge in [-0.15, -0.1) is 0 Å². The van der Waals surface area contributed by atoms with Gasteiger partial charge in [0.1, 0.15) is 0 Å². The van der Waals surface area contributed by atoms with Gasteiger partial charge in [0.05, 0.1) is 0 Å². The second-order valence-electron chi connectivity index (χ2n) is 5.04. The normalized spacial score (nSPS) is 10.8. The first-order valence-electron chi connectivity index (χ1n) is 7.56. The molecule has 0 bridgehead atoms. The minimum atomic E-state index is -1.21. The maximum atomic E-state index is 11.4. The number of carboxylic acid groups (broad SMARTS) is 1. The topological polar surface area (TPSA) is 71.4 Å². The highest BCUT2D eigenvalue weighted by molar-refractivity contribution is 6.41. The summed E-state index contributed by atoms with van der Waals surface area (Å²) in [4.78, 5) is 32.8. The molecule has 4 nitrogen and oxygen atoms in total. The van der Waals surface area contributed by atoms with Gasteiger partial charge in [0.25, 0.3) is 0 Å². The van der Waals surface area contributed by atoms with E-state index in [1.807, 2.05) is 0 Å². The van der Waals surface area contributed by atoms with Gasteiger partial charge in [-0.3, -0.25) is 9.59 Å². The quantitative estimate of drug-likeness (QED) is 0.318. The number of hydrogen-bond acceptors (Lipinski definition) is 3. The lowest BCUT2D eigenvalue weighted by Crippen LogP contribution is -2.11. The molecule has 4 heteroatoms. The monoisotopic (exact) mass is 282 g/mol. The van der Waals surface area contributed by atoms with Crippen molar-refractivity contribution in [3.8, 4) is 0 Å². The average Bonchev–Trinajstić information content (AvgIpc) is 2.42. The van der Waals surface area contributed by atoms with Crippen LogP contribution in [0.3, 0.4) is 0 Å². The van der Waals surface area contributed by atoms with Crippen LogP contribution < -0.4 is 0 Å². The Balaban J connectivity index is 3.48. The molecule has 114 valence electrons. The van der Waals surface area contributed by atoms with Gasteiger partial charge in [-0.2, -0.15) is 0 Å². The first-order valence-corrected chi connectivity index (χ1v) is 7.56. The molecule has 0 unspecified atom stereocenters. The molecule has 1 N–H and O–H groups in total. The Morgan fingerprint density at radius 1 is 0.800 bits per heavy atom.